The summed E-state index contributed by atoms with van der Waals surface area (Å²) in [6, 6.07) is 0. The Hall–Kier alpha value is -0.650. The molecule has 1 heterocycles. The number of carbonyl (C=O) groups excluding carboxylic acids is 1. The molecular formula is C13H28N4O. The van der Waals surface area contributed by atoms with Crippen molar-refractivity contribution >= 4 is 5.91 Å². The highest BCUT2D eigenvalue weighted by molar-refractivity contribution is 5.77. The fraction of sp³-hybridized carbons (Fsp3) is 0.923. The molecule has 1 rings (SSSR count). The van der Waals surface area contributed by atoms with Crippen LogP contribution in [0, 0.1) is 0 Å². The first-order chi connectivity index (χ1) is 8.59. The maximum absolute atomic E-state index is 12.0. The minimum absolute atomic E-state index is 0.246. The molecule has 0 aromatic heterocycles. The largest absolute Gasteiger partial charge is 0.345 e. The van der Waals surface area contributed by atoms with Gasteiger partial charge in [-0.25, -0.2) is 0 Å². The Kier molecular flexibility index (Phi) is 7.23. The van der Waals surface area contributed by atoms with Crippen LogP contribution in [0.1, 0.15) is 12.8 Å². The summed E-state index contributed by atoms with van der Waals surface area (Å²) in [6.45, 7) is 6.54. The SMILES string of the molecule is CN(C)CCCN(C)C(=O)CN1CCCNCC1. The lowest BCUT2D eigenvalue weighted by Gasteiger charge is -2.24. The van der Waals surface area contributed by atoms with Crippen LogP contribution in [0.3, 0.4) is 0 Å². The number of amides is 1. The molecule has 1 aliphatic heterocycles. The lowest BCUT2D eigenvalue weighted by Crippen LogP contribution is -2.40. The fourth-order valence-corrected chi connectivity index (χ4v) is 2.12. The molecule has 0 aromatic rings. The lowest BCUT2D eigenvalue weighted by molar-refractivity contribution is -0.131. The van der Waals surface area contributed by atoms with Crippen LogP contribution in [0.5, 0.6) is 0 Å². The monoisotopic (exact) mass is 256 g/mol. The first-order valence-corrected chi connectivity index (χ1v) is 6.91. The zero-order valence-corrected chi connectivity index (χ0v) is 12.1. The molecule has 1 fully saturated rings. The van der Waals surface area contributed by atoms with Crippen molar-refractivity contribution in [3.8, 4) is 0 Å². The summed E-state index contributed by atoms with van der Waals surface area (Å²) in [6.07, 6.45) is 2.18. The number of carbonyl (C=O) groups is 1. The van der Waals surface area contributed by atoms with Crippen LogP contribution >= 0.6 is 0 Å². The molecule has 0 radical (unpaired) electrons. The minimum Gasteiger partial charge on any atom is -0.345 e. The molecule has 1 amide bonds. The molecule has 0 saturated carbocycles. The molecule has 0 unspecified atom stereocenters. The lowest BCUT2D eigenvalue weighted by atomic mass is 10.3. The second-order valence-corrected chi connectivity index (χ2v) is 5.35. The van der Waals surface area contributed by atoms with E-state index in [1.165, 1.54) is 0 Å². The van der Waals surface area contributed by atoms with Crippen LogP contribution in [-0.4, -0.2) is 87.6 Å². The average Bonchev–Trinajstić information content (AvgIpc) is 2.57. The number of nitrogens with one attached hydrogen (secondary N) is 1. The third-order valence-corrected chi connectivity index (χ3v) is 3.32. The van der Waals surface area contributed by atoms with Crippen LogP contribution < -0.4 is 5.32 Å². The first kappa shape index (κ1) is 15.4. The van der Waals surface area contributed by atoms with Gasteiger partial charge in [-0.1, -0.05) is 0 Å². The van der Waals surface area contributed by atoms with E-state index in [4.69, 9.17) is 0 Å². The maximum Gasteiger partial charge on any atom is 0.236 e. The topological polar surface area (TPSA) is 38.8 Å². The summed E-state index contributed by atoms with van der Waals surface area (Å²) in [4.78, 5) is 18.3. The third kappa shape index (κ3) is 6.33. The summed E-state index contributed by atoms with van der Waals surface area (Å²) in [5.41, 5.74) is 0. The molecular weight excluding hydrogens is 228 g/mol. The second kappa shape index (κ2) is 8.45. The van der Waals surface area contributed by atoms with Crippen LogP contribution in [0.4, 0.5) is 0 Å². The van der Waals surface area contributed by atoms with E-state index in [2.05, 4.69) is 29.2 Å². The van der Waals surface area contributed by atoms with Crippen LogP contribution in [-0.2, 0) is 4.79 Å². The number of likely N-dealkylation sites (N-methyl/N-ethyl adjacent to an activating group) is 1. The average molecular weight is 256 g/mol. The van der Waals surface area contributed by atoms with Gasteiger partial charge in [0.05, 0.1) is 6.54 Å². The van der Waals surface area contributed by atoms with E-state index < -0.39 is 0 Å². The normalized spacial score (nSPS) is 17.8. The predicted octanol–water partition coefficient (Wildman–Crippen LogP) is -0.308. The van der Waals surface area contributed by atoms with Crippen LogP contribution in [0.25, 0.3) is 0 Å². The van der Waals surface area contributed by atoms with E-state index in [-0.39, 0.29) is 5.91 Å². The summed E-state index contributed by atoms with van der Waals surface area (Å²) in [5.74, 6) is 0.246. The molecule has 106 valence electrons. The van der Waals surface area contributed by atoms with Gasteiger partial charge in [0.15, 0.2) is 0 Å². The highest BCUT2D eigenvalue weighted by Gasteiger charge is 2.15. The Bertz CT molecular complexity index is 237. The van der Waals surface area contributed by atoms with Crippen molar-refractivity contribution in [1.29, 1.82) is 0 Å². The summed E-state index contributed by atoms with van der Waals surface area (Å²) in [7, 11) is 6.03. The third-order valence-electron chi connectivity index (χ3n) is 3.32. The van der Waals surface area contributed by atoms with Gasteiger partial charge in [-0.3, -0.25) is 9.69 Å². The molecule has 0 atom stereocenters. The Balaban J connectivity index is 2.21. The van der Waals surface area contributed by atoms with Gasteiger partial charge in [0.25, 0.3) is 0 Å². The van der Waals surface area contributed by atoms with Crippen LogP contribution in [0.15, 0.2) is 0 Å². The molecule has 0 spiro atoms. The van der Waals surface area contributed by atoms with E-state index in [0.717, 1.165) is 52.1 Å². The second-order valence-electron chi connectivity index (χ2n) is 5.35. The standard InChI is InChI=1S/C13H28N4O/c1-15(2)8-5-9-16(3)13(18)12-17-10-4-6-14-7-11-17/h14H,4-12H2,1-3H3. The molecule has 1 saturated heterocycles. The van der Waals surface area contributed by atoms with E-state index in [9.17, 15) is 4.79 Å². The molecule has 1 N–H and O–H groups in total. The molecule has 0 bridgehead atoms. The van der Waals surface area contributed by atoms with Gasteiger partial charge in [-0.05, 0) is 46.6 Å². The molecule has 1 aliphatic rings. The Morgan fingerprint density at radius 1 is 1.17 bits per heavy atom. The molecule has 18 heavy (non-hydrogen) atoms. The van der Waals surface area contributed by atoms with Gasteiger partial charge in [-0.15, -0.1) is 0 Å². The van der Waals surface area contributed by atoms with Gasteiger partial charge in [0.2, 0.25) is 5.91 Å². The fourth-order valence-electron chi connectivity index (χ4n) is 2.12. The van der Waals surface area contributed by atoms with Crippen LogP contribution in [0.2, 0.25) is 0 Å². The maximum atomic E-state index is 12.0. The van der Waals surface area contributed by atoms with Gasteiger partial charge < -0.3 is 15.1 Å². The van der Waals surface area contributed by atoms with E-state index in [0.29, 0.717) is 6.54 Å². The number of hydrogen-bond acceptors (Lipinski definition) is 4. The Morgan fingerprint density at radius 2 is 1.94 bits per heavy atom. The van der Waals surface area contributed by atoms with Crippen molar-refractivity contribution in [3.63, 3.8) is 0 Å². The number of hydrogen-bond donors (Lipinski definition) is 1. The van der Waals surface area contributed by atoms with E-state index in [1.54, 1.807) is 0 Å². The molecule has 5 heteroatoms. The van der Waals surface area contributed by atoms with Crippen molar-refractivity contribution in [3.05, 3.63) is 0 Å². The quantitative estimate of drug-likeness (QED) is 0.708. The van der Waals surface area contributed by atoms with E-state index in [1.807, 2.05) is 11.9 Å². The van der Waals surface area contributed by atoms with E-state index >= 15 is 0 Å². The Labute approximate surface area is 111 Å². The highest BCUT2D eigenvalue weighted by atomic mass is 16.2. The number of rotatable bonds is 6. The van der Waals surface area contributed by atoms with Crippen molar-refractivity contribution in [2.75, 3.05) is 67.0 Å². The predicted molar refractivity (Wildman–Crippen MR) is 74.7 cm³/mol. The van der Waals surface area contributed by atoms with Gasteiger partial charge in [0, 0.05) is 26.7 Å². The molecule has 0 aliphatic carbocycles. The summed E-state index contributed by atoms with van der Waals surface area (Å²) >= 11 is 0. The van der Waals surface area contributed by atoms with Crippen molar-refractivity contribution in [2.45, 2.75) is 12.8 Å². The molecule has 0 aromatic carbocycles. The summed E-state index contributed by atoms with van der Waals surface area (Å²) < 4.78 is 0. The van der Waals surface area contributed by atoms with Crippen molar-refractivity contribution < 1.29 is 4.79 Å². The highest BCUT2D eigenvalue weighted by Crippen LogP contribution is 1.98. The van der Waals surface area contributed by atoms with Gasteiger partial charge in [-0.2, -0.15) is 0 Å². The minimum atomic E-state index is 0.246. The first-order valence-electron chi connectivity index (χ1n) is 6.91. The van der Waals surface area contributed by atoms with Gasteiger partial charge >= 0.3 is 0 Å². The zero-order chi connectivity index (χ0) is 13.4. The Morgan fingerprint density at radius 3 is 2.67 bits per heavy atom. The van der Waals surface area contributed by atoms with Crippen molar-refractivity contribution in [1.82, 2.24) is 20.0 Å². The number of nitrogens with zero attached hydrogens (tertiary/aromatic N) is 3. The van der Waals surface area contributed by atoms with Gasteiger partial charge in [0.1, 0.15) is 0 Å². The smallest absolute Gasteiger partial charge is 0.236 e. The summed E-state index contributed by atoms with van der Waals surface area (Å²) in [5, 5.41) is 3.35. The zero-order valence-electron chi connectivity index (χ0n) is 12.1. The molecule has 5 nitrogen and oxygen atoms in total. The van der Waals surface area contributed by atoms with Crippen molar-refractivity contribution in [2.24, 2.45) is 0 Å².